The van der Waals surface area contributed by atoms with Crippen LogP contribution in [0.1, 0.15) is 11.1 Å². The second-order valence-corrected chi connectivity index (χ2v) is 5.09. The Morgan fingerprint density at radius 2 is 2.00 bits per heavy atom. The molecule has 0 bridgehead atoms. The predicted molar refractivity (Wildman–Crippen MR) is 83.3 cm³/mol. The molecule has 2 amide bonds. The van der Waals surface area contributed by atoms with E-state index in [0.717, 1.165) is 6.42 Å². The Hall–Kier alpha value is -2.07. The number of nitrogens with one attached hydrogen (secondary N) is 2. The monoisotopic (exact) mass is 306 g/mol. The number of hydrogen-bond donors (Lipinski definition) is 2. The van der Waals surface area contributed by atoms with Gasteiger partial charge in [0.25, 0.3) is 0 Å². The zero-order valence-electron chi connectivity index (χ0n) is 11.6. The van der Waals surface area contributed by atoms with Gasteiger partial charge in [0.05, 0.1) is 5.02 Å². The minimum absolute atomic E-state index is 0.0206. The third-order valence-corrected chi connectivity index (χ3v) is 3.41. The van der Waals surface area contributed by atoms with Crippen molar-refractivity contribution in [1.29, 1.82) is 0 Å². The van der Waals surface area contributed by atoms with Crippen LogP contribution in [0.5, 0.6) is 0 Å². The van der Waals surface area contributed by atoms with E-state index in [9.17, 15) is 9.18 Å². The van der Waals surface area contributed by atoms with Crippen molar-refractivity contribution in [3.63, 3.8) is 0 Å². The van der Waals surface area contributed by atoms with Crippen LogP contribution in [0.2, 0.25) is 5.02 Å². The molecule has 0 aliphatic heterocycles. The zero-order chi connectivity index (χ0) is 15.2. The number of carbonyl (C=O) groups is 1. The summed E-state index contributed by atoms with van der Waals surface area (Å²) in [7, 11) is 0. The van der Waals surface area contributed by atoms with Gasteiger partial charge in [0, 0.05) is 12.2 Å². The molecule has 2 aromatic carbocycles. The molecule has 2 aromatic rings. The van der Waals surface area contributed by atoms with Crippen molar-refractivity contribution in [1.82, 2.24) is 5.32 Å². The maximum atomic E-state index is 13.0. The van der Waals surface area contributed by atoms with Crippen LogP contribution in [0.4, 0.5) is 14.9 Å². The van der Waals surface area contributed by atoms with E-state index in [1.54, 1.807) is 0 Å². The first-order valence-corrected chi connectivity index (χ1v) is 6.98. The van der Waals surface area contributed by atoms with Crippen molar-refractivity contribution in [3.05, 3.63) is 64.4 Å². The van der Waals surface area contributed by atoms with Gasteiger partial charge in [0.2, 0.25) is 0 Å². The lowest BCUT2D eigenvalue weighted by molar-refractivity contribution is 0.252. The van der Waals surface area contributed by atoms with Gasteiger partial charge >= 0.3 is 6.03 Å². The first-order valence-electron chi connectivity index (χ1n) is 6.60. The quantitative estimate of drug-likeness (QED) is 0.875. The fourth-order valence-corrected chi connectivity index (χ4v) is 2.13. The summed E-state index contributed by atoms with van der Waals surface area (Å²) in [5.41, 5.74) is 2.85. The third-order valence-electron chi connectivity index (χ3n) is 3.12. The van der Waals surface area contributed by atoms with Crippen molar-refractivity contribution in [3.8, 4) is 0 Å². The van der Waals surface area contributed by atoms with Crippen molar-refractivity contribution < 1.29 is 9.18 Å². The summed E-state index contributed by atoms with van der Waals surface area (Å²) in [5, 5.41) is 5.34. The van der Waals surface area contributed by atoms with E-state index in [-0.39, 0.29) is 11.1 Å². The minimum atomic E-state index is -0.512. The van der Waals surface area contributed by atoms with Gasteiger partial charge in [0.1, 0.15) is 5.82 Å². The van der Waals surface area contributed by atoms with E-state index in [1.807, 2.05) is 31.2 Å². The van der Waals surface area contributed by atoms with Gasteiger partial charge in [-0.1, -0.05) is 35.9 Å². The van der Waals surface area contributed by atoms with Crippen molar-refractivity contribution in [2.75, 3.05) is 11.9 Å². The lowest BCUT2D eigenvalue weighted by Crippen LogP contribution is -2.30. The largest absolute Gasteiger partial charge is 0.338 e. The summed E-state index contributed by atoms with van der Waals surface area (Å²) >= 11 is 5.65. The highest BCUT2D eigenvalue weighted by Gasteiger charge is 2.05. The maximum Gasteiger partial charge on any atom is 0.319 e. The second kappa shape index (κ2) is 7.09. The van der Waals surface area contributed by atoms with Crippen LogP contribution in [0.25, 0.3) is 0 Å². The van der Waals surface area contributed by atoms with E-state index in [1.165, 1.54) is 29.3 Å². The van der Waals surface area contributed by atoms with Crippen LogP contribution < -0.4 is 10.6 Å². The van der Waals surface area contributed by atoms with E-state index in [0.29, 0.717) is 12.2 Å². The van der Waals surface area contributed by atoms with Gasteiger partial charge in [-0.15, -0.1) is 0 Å². The lowest BCUT2D eigenvalue weighted by atomic mass is 10.1. The topological polar surface area (TPSA) is 41.1 Å². The smallest absolute Gasteiger partial charge is 0.319 e. The fourth-order valence-electron chi connectivity index (χ4n) is 1.95. The molecule has 0 atom stereocenters. The third kappa shape index (κ3) is 4.46. The number of hydrogen-bond acceptors (Lipinski definition) is 1. The van der Waals surface area contributed by atoms with Crippen molar-refractivity contribution in [2.24, 2.45) is 0 Å². The highest BCUT2D eigenvalue weighted by Crippen LogP contribution is 2.19. The first-order chi connectivity index (χ1) is 10.1. The fraction of sp³-hybridized carbons (Fsp3) is 0.188. The second-order valence-electron chi connectivity index (χ2n) is 4.69. The highest BCUT2D eigenvalue weighted by atomic mass is 35.5. The normalized spacial score (nSPS) is 10.2. The van der Waals surface area contributed by atoms with Crippen LogP contribution in [-0.2, 0) is 6.42 Å². The molecule has 3 nitrogen and oxygen atoms in total. The Kier molecular flexibility index (Phi) is 5.17. The highest BCUT2D eigenvalue weighted by molar-refractivity contribution is 6.31. The van der Waals surface area contributed by atoms with Crippen molar-refractivity contribution in [2.45, 2.75) is 13.3 Å². The van der Waals surface area contributed by atoms with Gasteiger partial charge in [-0.3, -0.25) is 0 Å². The van der Waals surface area contributed by atoms with Gasteiger partial charge in [-0.05, 0) is 42.7 Å². The molecule has 2 N–H and O–H groups in total. The number of urea groups is 1. The number of benzene rings is 2. The van der Waals surface area contributed by atoms with E-state index < -0.39 is 5.82 Å². The zero-order valence-corrected chi connectivity index (χ0v) is 12.4. The number of amides is 2. The minimum Gasteiger partial charge on any atom is -0.338 e. The van der Waals surface area contributed by atoms with Crippen LogP contribution >= 0.6 is 11.6 Å². The molecule has 0 aliphatic rings. The molecule has 0 aromatic heterocycles. The average molecular weight is 307 g/mol. The van der Waals surface area contributed by atoms with E-state index >= 15 is 0 Å². The Bertz CT molecular complexity index is 646. The molecule has 0 radical (unpaired) electrons. The lowest BCUT2D eigenvalue weighted by Gasteiger charge is -2.09. The van der Waals surface area contributed by atoms with Crippen LogP contribution in [0.3, 0.4) is 0 Å². The summed E-state index contributed by atoms with van der Waals surface area (Å²) in [5.74, 6) is -0.512. The average Bonchev–Trinajstić information content (AvgIpc) is 2.45. The van der Waals surface area contributed by atoms with Crippen LogP contribution in [0, 0.1) is 12.7 Å². The summed E-state index contributed by atoms with van der Waals surface area (Å²) in [6.07, 6.45) is 0.754. The molecule has 0 saturated heterocycles. The molecule has 0 aliphatic carbocycles. The molecule has 21 heavy (non-hydrogen) atoms. The molecular weight excluding hydrogens is 291 g/mol. The van der Waals surface area contributed by atoms with Crippen molar-refractivity contribution >= 4 is 23.3 Å². The number of anilines is 1. The molecule has 0 unspecified atom stereocenters. The molecule has 110 valence electrons. The molecule has 0 spiro atoms. The predicted octanol–water partition coefficient (Wildman–Crippen LogP) is 4.15. The summed E-state index contributed by atoms with van der Waals surface area (Å²) < 4.78 is 13.0. The Balaban J connectivity index is 1.82. The van der Waals surface area contributed by atoms with E-state index in [2.05, 4.69) is 10.6 Å². The molecule has 5 heteroatoms. The number of aryl methyl sites for hydroxylation is 1. The SMILES string of the molecule is Cc1ccccc1CCNC(=O)Nc1ccc(F)c(Cl)c1. The Morgan fingerprint density at radius 1 is 1.24 bits per heavy atom. The molecule has 2 rings (SSSR count). The molecule has 0 heterocycles. The van der Waals surface area contributed by atoms with Gasteiger partial charge in [-0.2, -0.15) is 0 Å². The number of carbonyl (C=O) groups excluding carboxylic acids is 1. The molecule has 0 saturated carbocycles. The molecule has 0 fully saturated rings. The first kappa shape index (κ1) is 15.3. The van der Waals surface area contributed by atoms with Crippen LogP contribution in [-0.4, -0.2) is 12.6 Å². The number of halogens is 2. The summed E-state index contributed by atoms with van der Waals surface area (Å²) in [6, 6.07) is 11.7. The maximum absolute atomic E-state index is 13.0. The van der Waals surface area contributed by atoms with Gasteiger partial charge in [-0.25, -0.2) is 9.18 Å². The summed E-state index contributed by atoms with van der Waals surface area (Å²) in [6.45, 7) is 2.56. The number of rotatable bonds is 4. The molecular formula is C16H16ClFN2O. The summed E-state index contributed by atoms with van der Waals surface area (Å²) in [4.78, 5) is 11.7. The standard InChI is InChI=1S/C16H16ClFN2O/c1-11-4-2-3-5-12(11)8-9-19-16(21)20-13-6-7-15(18)14(17)10-13/h2-7,10H,8-9H2,1H3,(H2,19,20,21). The Morgan fingerprint density at radius 3 is 2.71 bits per heavy atom. The van der Waals surface area contributed by atoms with E-state index in [4.69, 9.17) is 11.6 Å². The van der Waals surface area contributed by atoms with Gasteiger partial charge in [0.15, 0.2) is 0 Å². The van der Waals surface area contributed by atoms with Crippen LogP contribution in [0.15, 0.2) is 42.5 Å². The Labute approximate surface area is 128 Å². The van der Waals surface area contributed by atoms with Gasteiger partial charge < -0.3 is 10.6 Å².